The molecule has 0 aliphatic carbocycles. The maximum Gasteiger partial charge on any atom is -0.0353 e. The van der Waals surface area contributed by atoms with Crippen LogP contribution >= 0.6 is 0 Å². The molecule has 0 heterocycles. The van der Waals surface area contributed by atoms with Crippen molar-refractivity contribution in [1.29, 1.82) is 0 Å². The molecule has 0 aromatic rings. The zero-order valence-corrected chi connectivity index (χ0v) is 9.57. The van der Waals surface area contributed by atoms with Gasteiger partial charge in [-0.3, -0.25) is 0 Å². The SMILES string of the molecule is C/C=C/CCC.CC(C)=C(C)C. The van der Waals surface area contributed by atoms with Crippen LogP contribution in [0.15, 0.2) is 23.3 Å². The Morgan fingerprint density at radius 1 is 1.00 bits per heavy atom. The lowest BCUT2D eigenvalue weighted by Crippen LogP contribution is -1.66. The molecule has 0 N–H and O–H groups in total. The highest BCUT2D eigenvalue weighted by Crippen LogP contribution is 1.96. The van der Waals surface area contributed by atoms with E-state index in [1.165, 1.54) is 24.0 Å². The van der Waals surface area contributed by atoms with E-state index in [2.05, 4.69) is 53.7 Å². The summed E-state index contributed by atoms with van der Waals surface area (Å²) >= 11 is 0. The fourth-order valence-electron chi connectivity index (χ4n) is 0.333. The summed E-state index contributed by atoms with van der Waals surface area (Å²) in [4.78, 5) is 0. The van der Waals surface area contributed by atoms with Crippen LogP contribution in [0, 0.1) is 0 Å². The summed E-state index contributed by atoms with van der Waals surface area (Å²) in [5.74, 6) is 0. The molecule has 0 heteroatoms. The molecule has 0 saturated heterocycles. The number of rotatable bonds is 2. The van der Waals surface area contributed by atoms with Gasteiger partial charge < -0.3 is 0 Å². The fraction of sp³-hybridized carbons (Fsp3) is 0.667. The highest BCUT2D eigenvalue weighted by molar-refractivity contribution is 5.02. The molecule has 0 fully saturated rings. The highest BCUT2D eigenvalue weighted by Gasteiger charge is 1.75. The van der Waals surface area contributed by atoms with Crippen LogP contribution in [0.4, 0.5) is 0 Å². The van der Waals surface area contributed by atoms with Crippen LogP contribution < -0.4 is 0 Å². The lowest BCUT2D eigenvalue weighted by atomic mass is 10.2. The Labute approximate surface area is 78.4 Å². The van der Waals surface area contributed by atoms with E-state index in [4.69, 9.17) is 0 Å². The summed E-state index contributed by atoms with van der Waals surface area (Å²) in [5, 5.41) is 0. The number of hydrogen-bond acceptors (Lipinski definition) is 0. The zero-order chi connectivity index (χ0) is 9.98. The van der Waals surface area contributed by atoms with E-state index in [0.717, 1.165) is 0 Å². The van der Waals surface area contributed by atoms with Crippen molar-refractivity contribution >= 4 is 0 Å². The van der Waals surface area contributed by atoms with Crippen molar-refractivity contribution in [2.24, 2.45) is 0 Å². The molecule has 0 radical (unpaired) electrons. The molecule has 0 bridgehead atoms. The summed E-state index contributed by atoms with van der Waals surface area (Å²) in [7, 11) is 0. The quantitative estimate of drug-likeness (QED) is 0.523. The van der Waals surface area contributed by atoms with Crippen LogP contribution in [-0.4, -0.2) is 0 Å². The monoisotopic (exact) mass is 168 g/mol. The lowest BCUT2D eigenvalue weighted by molar-refractivity contribution is 0.957. The summed E-state index contributed by atoms with van der Waals surface area (Å²) in [6.07, 6.45) is 6.77. The lowest BCUT2D eigenvalue weighted by Gasteiger charge is -1.88. The van der Waals surface area contributed by atoms with Crippen LogP contribution in [0.1, 0.15) is 54.4 Å². The van der Waals surface area contributed by atoms with Gasteiger partial charge in [0.1, 0.15) is 0 Å². The molecule has 0 rings (SSSR count). The van der Waals surface area contributed by atoms with Gasteiger partial charge in [0.2, 0.25) is 0 Å². The Morgan fingerprint density at radius 3 is 1.50 bits per heavy atom. The van der Waals surface area contributed by atoms with E-state index < -0.39 is 0 Å². The van der Waals surface area contributed by atoms with Crippen molar-refractivity contribution < 1.29 is 0 Å². The van der Waals surface area contributed by atoms with E-state index in [1.54, 1.807) is 0 Å². The second-order valence-electron chi connectivity index (χ2n) is 3.36. The molecular formula is C12H24. The first-order valence-electron chi connectivity index (χ1n) is 4.78. The van der Waals surface area contributed by atoms with E-state index in [1.807, 2.05) is 0 Å². The van der Waals surface area contributed by atoms with Crippen molar-refractivity contribution in [2.75, 3.05) is 0 Å². The van der Waals surface area contributed by atoms with Gasteiger partial charge in [0.15, 0.2) is 0 Å². The Kier molecular flexibility index (Phi) is 12.3. The van der Waals surface area contributed by atoms with Gasteiger partial charge in [-0.25, -0.2) is 0 Å². The molecule has 0 amide bonds. The predicted octanol–water partition coefficient (Wildman–Crippen LogP) is 4.73. The van der Waals surface area contributed by atoms with Gasteiger partial charge in [-0.15, -0.1) is 0 Å². The van der Waals surface area contributed by atoms with Crippen LogP contribution in [0.3, 0.4) is 0 Å². The second kappa shape index (κ2) is 10.5. The second-order valence-corrected chi connectivity index (χ2v) is 3.36. The van der Waals surface area contributed by atoms with Crippen molar-refractivity contribution in [3.8, 4) is 0 Å². The number of allylic oxidation sites excluding steroid dienone is 4. The highest BCUT2D eigenvalue weighted by atomic mass is 13.8. The summed E-state index contributed by atoms with van der Waals surface area (Å²) in [6, 6.07) is 0. The predicted molar refractivity (Wildman–Crippen MR) is 59.4 cm³/mol. The average Bonchev–Trinajstić information content (AvgIpc) is 2.02. The minimum Gasteiger partial charge on any atom is -0.0917 e. The van der Waals surface area contributed by atoms with Gasteiger partial charge in [-0.2, -0.15) is 0 Å². The molecule has 0 saturated carbocycles. The van der Waals surface area contributed by atoms with Crippen LogP contribution in [0.5, 0.6) is 0 Å². The van der Waals surface area contributed by atoms with E-state index in [0.29, 0.717) is 0 Å². The molecule has 0 unspecified atom stereocenters. The van der Waals surface area contributed by atoms with Crippen molar-refractivity contribution in [2.45, 2.75) is 54.4 Å². The summed E-state index contributed by atoms with van der Waals surface area (Å²) in [6.45, 7) is 12.7. The third-order valence-corrected chi connectivity index (χ3v) is 1.69. The maximum atomic E-state index is 2.18. The van der Waals surface area contributed by atoms with Gasteiger partial charge >= 0.3 is 0 Å². The van der Waals surface area contributed by atoms with E-state index in [9.17, 15) is 0 Å². The molecule has 72 valence electrons. The Balaban J connectivity index is 0. The average molecular weight is 168 g/mol. The number of unbranched alkanes of at least 4 members (excludes halogenated alkanes) is 1. The molecule has 0 atom stereocenters. The van der Waals surface area contributed by atoms with Gasteiger partial charge in [0.25, 0.3) is 0 Å². The van der Waals surface area contributed by atoms with Gasteiger partial charge in [-0.05, 0) is 41.0 Å². The summed E-state index contributed by atoms with van der Waals surface area (Å²) in [5.41, 5.74) is 2.85. The Bertz CT molecular complexity index is 120. The first kappa shape index (κ1) is 14.0. The molecule has 0 aliphatic heterocycles. The third-order valence-electron chi connectivity index (χ3n) is 1.69. The van der Waals surface area contributed by atoms with Gasteiger partial charge in [-0.1, -0.05) is 36.6 Å². The minimum absolute atomic E-state index is 1.23. The van der Waals surface area contributed by atoms with Gasteiger partial charge in [0.05, 0.1) is 0 Å². The molecule has 12 heavy (non-hydrogen) atoms. The topological polar surface area (TPSA) is 0 Å². The molecular weight excluding hydrogens is 144 g/mol. The Hall–Kier alpha value is -0.520. The fourth-order valence-corrected chi connectivity index (χ4v) is 0.333. The van der Waals surface area contributed by atoms with E-state index in [-0.39, 0.29) is 0 Å². The normalized spacial score (nSPS) is 9.17. The van der Waals surface area contributed by atoms with Crippen LogP contribution in [0.25, 0.3) is 0 Å². The maximum absolute atomic E-state index is 2.18. The first-order valence-corrected chi connectivity index (χ1v) is 4.78. The van der Waals surface area contributed by atoms with E-state index >= 15 is 0 Å². The Morgan fingerprint density at radius 2 is 1.42 bits per heavy atom. The summed E-state index contributed by atoms with van der Waals surface area (Å²) < 4.78 is 0. The standard InChI is InChI=1S/2C6H12/c1-5(2)6(3)4;1-3-5-6-4-2/h1-4H3;3,5H,4,6H2,1-2H3/b;5-3+. The first-order chi connectivity index (χ1) is 5.56. The van der Waals surface area contributed by atoms with Crippen LogP contribution in [-0.2, 0) is 0 Å². The van der Waals surface area contributed by atoms with Crippen LogP contribution in [0.2, 0.25) is 0 Å². The molecule has 0 aromatic carbocycles. The van der Waals surface area contributed by atoms with Gasteiger partial charge in [0, 0.05) is 0 Å². The molecule has 0 spiro atoms. The third kappa shape index (κ3) is 16.2. The molecule has 0 aromatic heterocycles. The molecule has 0 nitrogen and oxygen atoms in total. The van der Waals surface area contributed by atoms with Crippen molar-refractivity contribution in [3.05, 3.63) is 23.3 Å². The number of hydrogen-bond donors (Lipinski definition) is 0. The largest absolute Gasteiger partial charge is 0.0917 e. The zero-order valence-electron chi connectivity index (χ0n) is 9.57. The van der Waals surface area contributed by atoms with Crippen molar-refractivity contribution in [1.82, 2.24) is 0 Å². The smallest absolute Gasteiger partial charge is 0.0353 e. The van der Waals surface area contributed by atoms with Crippen molar-refractivity contribution in [3.63, 3.8) is 0 Å². The minimum atomic E-state index is 1.23. The molecule has 0 aliphatic rings.